The van der Waals surface area contributed by atoms with Crippen LogP contribution >= 0.6 is 0 Å². The Morgan fingerprint density at radius 2 is 2.22 bits per heavy atom. The van der Waals surface area contributed by atoms with Crippen molar-refractivity contribution in [1.82, 2.24) is 24.8 Å². The van der Waals surface area contributed by atoms with Gasteiger partial charge in [0.25, 0.3) is 0 Å². The molecule has 0 aliphatic carbocycles. The maximum atomic E-state index is 12.7. The summed E-state index contributed by atoms with van der Waals surface area (Å²) < 4.78 is 6.95. The number of aromatic nitrogens is 4. The molecule has 0 aromatic carbocycles. The van der Waals surface area contributed by atoms with E-state index in [0.29, 0.717) is 17.6 Å². The predicted octanol–water partition coefficient (Wildman–Crippen LogP) is 2.01. The van der Waals surface area contributed by atoms with Crippen LogP contribution in [0.5, 0.6) is 0 Å². The smallest absolute Gasteiger partial charge is 0.247 e. The third kappa shape index (κ3) is 3.60. The van der Waals surface area contributed by atoms with Crippen LogP contribution in [0.2, 0.25) is 0 Å². The van der Waals surface area contributed by atoms with E-state index in [0.717, 1.165) is 38.8 Å². The van der Waals surface area contributed by atoms with E-state index in [1.807, 2.05) is 31.0 Å². The summed E-state index contributed by atoms with van der Waals surface area (Å²) in [6, 6.07) is 1.66. The van der Waals surface area contributed by atoms with Crippen molar-refractivity contribution in [1.29, 1.82) is 0 Å². The van der Waals surface area contributed by atoms with E-state index in [2.05, 4.69) is 15.2 Å². The first-order chi connectivity index (χ1) is 11.2. The van der Waals surface area contributed by atoms with Gasteiger partial charge in [-0.15, -0.1) is 0 Å². The average molecular weight is 317 g/mol. The largest absolute Gasteiger partial charge is 0.341 e. The van der Waals surface area contributed by atoms with Crippen LogP contribution in [0.4, 0.5) is 0 Å². The SMILES string of the molecule is CC[C@H](C(=O)N1CCC(Cc2nc(C)no2)CC1)n1cccn1. The summed E-state index contributed by atoms with van der Waals surface area (Å²) in [6.45, 7) is 5.42. The zero-order chi connectivity index (χ0) is 16.2. The zero-order valence-corrected chi connectivity index (χ0v) is 13.7. The van der Waals surface area contributed by atoms with Gasteiger partial charge < -0.3 is 9.42 Å². The van der Waals surface area contributed by atoms with Crippen molar-refractivity contribution in [2.75, 3.05) is 13.1 Å². The molecule has 0 spiro atoms. The number of carbonyl (C=O) groups is 1. The minimum atomic E-state index is -0.194. The van der Waals surface area contributed by atoms with Crippen molar-refractivity contribution in [3.63, 3.8) is 0 Å². The Bertz CT molecular complexity index is 629. The maximum absolute atomic E-state index is 12.7. The Morgan fingerprint density at radius 3 is 2.78 bits per heavy atom. The van der Waals surface area contributed by atoms with E-state index in [-0.39, 0.29) is 11.9 Å². The highest BCUT2D eigenvalue weighted by atomic mass is 16.5. The van der Waals surface area contributed by atoms with E-state index < -0.39 is 0 Å². The van der Waals surface area contributed by atoms with E-state index in [1.54, 1.807) is 10.9 Å². The Balaban J connectivity index is 1.54. The number of aryl methyl sites for hydroxylation is 1. The Morgan fingerprint density at radius 1 is 1.43 bits per heavy atom. The molecule has 3 rings (SSSR count). The highest BCUT2D eigenvalue weighted by Gasteiger charge is 2.29. The molecular weight excluding hydrogens is 294 g/mol. The first-order valence-corrected chi connectivity index (χ1v) is 8.24. The van der Waals surface area contributed by atoms with Crippen molar-refractivity contribution in [3.05, 3.63) is 30.2 Å². The number of amides is 1. The topological polar surface area (TPSA) is 77.0 Å². The van der Waals surface area contributed by atoms with Gasteiger partial charge in [-0.05, 0) is 38.2 Å². The van der Waals surface area contributed by atoms with E-state index in [1.165, 1.54) is 0 Å². The summed E-state index contributed by atoms with van der Waals surface area (Å²) in [5.74, 6) is 2.06. The number of hydrogen-bond donors (Lipinski definition) is 0. The fourth-order valence-corrected chi connectivity index (χ4v) is 3.18. The van der Waals surface area contributed by atoms with Gasteiger partial charge in [0.15, 0.2) is 5.82 Å². The molecule has 0 unspecified atom stereocenters. The second-order valence-electron chi connectivity index (χ2n) is 6.12. The normalized spacial score (nSPS) is 17.4. The lowest BCUT2D eigenvalue weighted by molar-refractivity contribution is -0.136. The van der Waals surface area contributed by atoms with Crippen LogP contribution in [-0.4, -0.2) is 43.8 Å². The Labute approximate surface area is 135 Å². The van der Waals surface area contributed by atoms with Crippen LogP contribution in [0.25, 0.3) is 0 Å². The van der Waals surface area contributed by atoms with Gasteiger partial charge in [-0.1, -0.05) is 12.1 Å². The summed E-state index contributed by atoms with van der Waals surface area (Å²) in [6.07, 6.45) is 7.08. The molecule has 7 nitrogen and oxygen atoms in total. The van der Waals surface area contributed by atoms with Crippen molar-refractivity contribution in [2.45, 2.75) is 45.6 Å². The third-order valence-electron chi connectivity index (χ3n) is 4.48. The quantitative estimate of drug-likeness (QED) is 0.843. The average Bonchev–Trinajstić information content (AvgIpc) is 3.21. The number of piperidine rings is 1. The van der Waals surface area contributed by atoms with Crippen molar-refractivity contribution in [3.8, 4) is 0 Å². The molecule has 23 heavy (non-hydrogen) atoms. The van der Waals surface area contributed by atoms with Crippen LogP contribution in [0.15, 0.2) is 23.0 Å². The van der Waals surface area contributed by atoms with Crippen molar-refractivity contribution < 1.29 is 9.32 Å². The molecule has 1 fully saturated rings. The standard InChI is InChI=1S/C16H23N5O2/c1-3-14(21-8-4-7-17-21)16(22)20-9-5-13(6-10-20)11-15-18-12(2)19-23-15/h4,7-8,13-14H,3,5-6,9-11H2,1-2H3/t14-/m1/s1. The summed E-state index contributed by atoms with van der Waals surface area (Å²) >= 11 is 0. The van der Waals surface area contributed by atoms with Gasteiger partial charge >= 0.3 is 0 Å². The minimum Gasteiger partial charge on any atom is -0.341 e. The molecular formula is C16H23N5O2. The molecule has 0 N–H and O–H groups in total. The van der Waals surface area contributed by atoms with Gasteiger partial charge in [0.05, 0.1) is 0 Å². The van der Waals surface area contributed by atoms with Gasteiger partial charge in [0.1, 0.15) is 6.04 Å². The molecule has 0 bridgehead atoms. The zero-order valence-electron chi connectivity index (χ0n) is 13.7. The summed E-state index contributed by atoms with van der Waals surface area (Å²) in [7, 11) is 0. The first-order valence-electron chi connectivity index (χ1n) is 8.24. The second kappa shape index (κ2) is 6.93. The number of nitrogens with zero attached hydrogens (tertiary/aromatic N) is 5. The first kappa shape index (κ1) is 15.7. The highest BCUT2D eigenvalue weighted by molar-refractivity contribution is 5.80. The molecule has 1 atom stereocenters. The molecule has 7 heteroatoms. The van der Waals surface area contributed by atoms with E-state index >= 15 is 0 Å². The molecule has 2 aromatic heterocycles. The summed E-state index contributed by atoms with van der Waals surface area (Å²) in [5, 5.41) is 8.05. The lowest BCUT2D eigenvalue weighted by Crippen LogP contribution is -2.42. The van der Waals surface area contributed by atoms with Gasteiger partial charge in [0.2, 0.25) is 11.8 Å². The van der Waals surface area contributed by atoms with Crippen LogP contribution in [0.3, 0.4) is 0 Å². The second-order valence-corrected chi connectivity index (χ2v) is 6.12. The van der Waals surface area contributed by atoms with Gasteiger partial charge in [-0.3, -0.25) is 9.48 Å². The molecule has 2 aromatic rings. The van der Waals surface area contributed by atoms with Gasteiger partial charge in [-0.25, -0.2) is 0 Å². The van der Waals surface area contributed by atoms with Gasteiger partial charge in [0, 0.05) is 31.9 Å². The van der Waals surface area contributed by atoms with E-state index in [4.69, 9.17) is 4.52 Å². The number of carbonyl (C=O) groups excluding carboxylic acids is 1. The maximum Gasteiger partial charge on any atom is 0.247 e. The fraction of sp³-hybridized carbons (Fsp3) is 0.625. The monoisotopic (exact) mass is 317 g/mol. The van der Waals surface area contributed by atoms with Gasteiger partial charge in [-0.2, -0.15) is 10.1 Å². The molecule has 0 radical (unpaired) electrons. The lowest BCUT2D eigenvalue weighted by atomic mass is 9.93. The van der Waals surface area contributed by atoms with Crippen LogP contribution in [-0.2, 0) is 11.2 Å². The molecule has 124 valence electrons. The van der Waals surface area contributed by atoms with Crippen LogP contribution in [0.1, 0.15) is 43.9 Å². The molecule has 1 saturated heterocycles. The molecule has 1 amide bonds. The summed E-state index contributed by atoms with van der Waals surface area (Å²) in [5.41, 5.74) is 0. The predicted molar refractivity (Wildman–Crippen MR) is 83.6 cm³/mol. The number of hydrogen-bond acceptors (Lipinski definition) is 5. The number of rotatable bonds is 5. The Kier molecular flexibility index (Phi) is 4.73. The molecule has 1 aliphatic heterocycles. The fourth-order valence-electron chi connectivity index (χ4n) is 3.18. The third-order valence-corrected chi connectivity index (χ3v) is 4.48. The minimum absolute atomic E-state index is 0.170. The van der Waals surface area contributed by atoms with Crippen LogP contribution in [0, 0.1) is 12.8 Å². The number of likely N-dealkylation sites (tertiary alicyclic amines) is 1. The Hall–Kier alpha value is -2.18. The summed E-state index contributed by atoms with van der Waals surface area (Å²) in [4.78, 5) is 18.9. The van der Waals surface area contributed by atoms with E-state index in [9.17, 15) is 4.79 Å². The van der Waals surface area contributed by atoms with Crippen LogP contribution < -0.4 is 0 Å². The van der Waals surface area contributed by atoms with Crippen molar-refractivity contribution >= 4 is 5.91 Å². The van der Waals surface area contributed by atoms with Crippen molar-refractivity contribution in [2.24, 2.45) is 5.92 Å². The molecule has 3 heterocycles. The lowest BCUT2D eigenvalue weighted by Gasteiger charge is -2.33. The molecule has 0 saturated carbocycles. The highest BCUT2D eigenvalue weighted by Crippen LogP contribution is 2.24. The molecule has 1 aliphatic rings.